The maximum atomic E-state index is 12.8. The first kappa shape index (κ1) is 13.6. The zero-order valence-electron chi connectivity index (χ0n) is 10.5. The van der Waals surface area contributed by atoms with Gasteiger partial charge in [0.05, 0.1) is 24.1 Å². The van der Waals surface area contributed by atoms with Gasteiger partial charge in [-0.05, 0) is 31.4 Å². The van der Waals surface area contributed by atoms with Gasteiger partial charge in [-0.15, -0.1) is 0 Å². The Kier molecular flexibility index (Phi) is 4.58. The fourth-order valence-electron chi connectivity index (χ4n) is 2.18. The van der Waals surface area contributed by atoms with E-state index < -0.39 is 11.7 Å². The lowest BCUT2D eigenvalue weighted by atomic mass is 9.96. The molecule has 0 N–H and O–H groups in total. The number of nitriles is 1. The van der Waals surface area contributed by atoms with Crippen molar-refractivity contribution in [3.8, 4) is 6.07 Å². The van der Waals surface area contributed by atoms with Gasteiger partial charge in [0.15, 0.2) is 5.78 Å². The molecule has 0 amide bonds. The molecule has 0 aromatic carbocycles. The molecule has 1 saturated heterocycles. The molecule has 1 aromatic heterocycles. The standard InChI is InChI=1S/C14H15FN2O2/c15-10-3-5-13(17-9-10)12(8-16)14(18)6-4-11-2-1-7-19-11/h3,5,9,11-12H,1-2,4,6-7H2. The lowest BCUT2D eigenvalue weighted by molar-refractivity contribution is -0.120. The minimum absolute atomic E-state index is 0.129. The molecule has 2 rings (SSSR count). The predicted octanol–water partition coefficient (Wildman–Crippen LogP) is 2.36. The lowest BCUT2D eigenvalue weighted by Gasteiger charge is -2.10. The number of nitrogens with zero attached hydrogens (tertiary/aromatic N) is 2. The number of pyridine rings is 1. The molecule has 0 aliphatic carbocycles. The molecular formula is C14H15FN2O2. The number of aromatic nitrogens is 1. The molecule has 1 fully saturated rings. The minimum atomic E-state index is -0.915. The average molecular weight is 262 g/mol. The number of halogens is 1. The van der Waals surface area contributed by atoms with Gasteiger partial charge in [-0.3, -0.25) is 9.78 Å². The average Bonchev–Trinajstić information content (AvgIpc) is 2.92. The van der Waals surface area contributed by atoms with Crippen molar-refractivity contribution in [2.45, 2.75) is 37.7 Å². The molecule has 5 heteroatoms. The van der Waals surface area contributed by atoms with E-state index in [9.17, 15) is 9.18 Å². The number of ether oxygens (including phenoxy) is 1. The van der Waals surface area contributed by atoms with Crippen molar-refractivity contribution < 1.29 is 13.9 Å². The van der Waals surface area contributed by atoms with Gasteiger partial charge in [0, 0.05) is 13.0 Å². The quantitative estimate of drug-likeness (QED) is 0.817. The summed E-state index contributed by atoms with van der Waals surface area (Å²) >= 11 is 0. The van der Waals surface area contributed by atoms with Crippen LogP contribution in [0.2, 0.25) is 0 Å². The Balaban J connectivity index is 1.95. The second-order valence-electron chi connectivity index (χ2n) is 4.60. The van der Waals surface area contributed by atoms with Crippen LogP contribution in [0.25, 0.3) is 0 Å². The van der Waals surface area contributed by atoms with E-state index in [1.54, 1.807) is 0 Å². The third-order valence-corrected chi connectivity index (χ3v) is 3.23. The molecule has 100 valence electrons. The van der Waals surface area contributed by atoms with Gasteiger partial charge >= 0.3 is 0 Å². The van der Waals surface area contributed by atoms with Crippen molar-refractivity contribution >= 4 is 5.78 Å². The summed E-state index contributed by atoms with van der Waals surface area (Å²) in [6.45, 7) is 0.750. The third-order valence-electron chi connectivity index (χ3n) is 3.23. The van der Waals surface area contributed by atoms with Crippen LogP contribution in [0.5, 0.6) is 0 Å². The van der Waals surface area contributed by atoms with E-state index >= 15 is 0 Å². The number of hydrogen-bond donors (Lipinski definition) is 0. The Bertz CT molecular complexity index is 475. The van der Waals surface area contributed by atoms with E-state index in [2.05, 4.69) is 4.98 Å². The molecule has 1 aromatic rings. The van der Waals surface area contributed by atoms with Crippen LogP contribution < -0.4 is 0 Å². The Morgan fingerprint density at radius 1 is 1.63 bits per heavy atom. The highest BCUT2D eigenvalue weighted by atomic mass is 19.1. The normalized spacial score (nSPS) is 19.9. The summed E-state index contributed by atoms with van der Waals surface area (Å²) in [5.74, 6) is -1.58. The predicted molar refractivity (Wildman–Crippen MR) is 65.8 cm³/mol. The fourth-order valence-corrected chi connectivity index (χ4v) is 2.18. The molecule has 0 radical (unpaired) electrons. The van der Waals surface area contributed by atoms with E-state index in [0.717, 1.165) is 25.6 Å². The molecule has 2 unspecified atom stereocenters. The Morgan fingerprint density at radius 2 is 2.47 bits per heavy atom. The number of ketones is 1. The highest BCUT2D eigenvalue weighted by molar-refractivity contribution is 5.87. The topological polar surface area (TPSA) is 63.0 Å². The van der Waals surface area contributed by atoms with E-state index in [-0.39, 0.29) is 11.9 Å². The Labute approximate surface area is 111 Å². The number of hydrogen-bond acceptors (Lipinski definition) is 4. The van der Waals surface area contributed by atoms with Crippen molar-refractivity contribution in [1.82, 2.24) is 4.98 Å². The van der Waals surface area contributed by atoms with Crippen molar-refractivity contribution in [2.24, 2.45) is 0 Å². The molecule has 19 heavy (non-hydrogen) atoms. The van der Waals surface area contributed by atoms with Gasteiger partial charge < -0.3 is 4.74 Å². The van der Waals surface area contributed by atoms with Crippen LogP contribution in [0.15, 0.2) is 18.3 Å². The number of rotatable bonds is 5. The fraction of sp³-hybridized carbons (Fsp3) is 0.500. The summed E-state index contributed by atoms with van der Waals surface area (Å²) in [6, 6.07) is 4.53. The molecule has 1 aliphatic rings. The number of carbonyl (C=O) groups is 1. The summed E-state index contributed by atoms with van der Waals surface area (Å²) in [5.41, 5.74) is 0.307. The highest BCUT2D eigenvalue weighted by Gasteiger charge is 2.23. The van der Waals surface area contributed by atoms with Crippen LogP contribution in [-0.2, 0) is 9.53 Å². The van der Waals surface area contributed by atoms with Crippen molar-refractivity contribution in [2.75, 3.05) is 6.61 Å². The second-order valence-corrected chi connectivity index (χ2v) is 4.60. The van der Waals surface area contributed by atoms with Crippen molar-refractivity contribution in [1.29, 1.82) is 5.26 Å². The lowest BCUT2D eigenvalue weighted by Crippen LogP contribution is -2.15. The third kappa shape index (κ3) is 3.58. The molecule has 1 aliphatic heterocycles. The van der Waals surface area contributed by atoms with E-state index in [1.807, 2.05) is 6.07 Å². The SMILES string of the molecule is N#CC(C(=O)CCC1CCCO1)c1ccc(F)cn1. The second kappa shape index (κ2) is 6.39. The van der Waals surface area contributed by atoms with Gasteiger partial charge in [-0.25, -0.2) is 4.39 Å². The molecule has 4 nitrogen and oxygen atoms in total. The summed E-state index contributed by atoms with van der Waals surface area (Å²) in [5, 5.41) is 9.08. The summed E-state index contributed by atoms with van der Waals surface area (Å²) in [7, 11) is 0. The van der Waals surface area contributed by atoms with E-state index in [1.165, 1.54) is 12.1 Å². The van der Waals surface area contributed by atoms with Crippen LogP contribution in [-0.4, -0.2) is 23.5 Å². The van der Waals surface area contributed by atoms with Gasteiger partial charge in [-0.2, -0.15) is 5.26 Å². The molecular weight excluding hydrogens is 247 g/mol. The smallest absolute Gasteiger partial charge is 0.156 e. The minimum Gasteiger partial charge on any atom is -0.378 e. The maximum Gasteiger partial charge on any atom is 0.156 e. The molecule has 0 bridgehead atoms. The zero-order chi connectivity index (χ0) is 13.7. The molecule has 0 saturated carbocycles. The van der Waals surface area contributed by atoms with E-state index in [4.69, 9.17) is 10.00 Å². The molecule has 2 heterocycles. The first-order chi connectivity index (χ1) is 9.20. The van der Waals surface area contributed by atoms with E-state index in [0.29, 0.717) is 18.5 Å². The van der Waals surface area contributed by atoms with Crippen molar-refractivity contribution in [3.63, 3.8) is 0 Å². The maximum absolute atomic E-state index is 12.8. The van der Waals surface area contributed by atoms with Crippen LogP contribution in [0.1, 0.15) is 37.3 Å². The summed E-state index contributed by atoms with van der Waals surface area (Å²) < 4.78 is 18.2. The first-order valence-electron chi connectivity index (χ1n) is 6.36. The number of carbonyl (C=O) groups excluding carboxylic acids is 1. The summed E-state index contributed by atoms with van der Waals surface area (Å²) in [6.07, 6.45) is 4.08. The van der Waals surface area contributed by atoms with Crippen LogP contribution in [0.4, 0.5) is 4.39 Å². The Morgan fingerprint density at radius 3 is 3.05 bits per heavy atom. The van der Waals surface area contributed by atoms with Crippen molar-refractivity contribution in [3.05, 3.63) is 29.8 Å². The van der Waals surface area contributed by atoms with Crippen LogP contribution >= 0.6 is 0 Å². The Hall–Kier alpha value is -1.80. The highest BCUT2D eigenvalue weighted by Crippen LogP contribution is 2.21. The van der Waals surface area contributed by atoms with Crippen LogP contribution in [0, 0.1) is 17.1 Å². The monoisotopic (exact) mass is 262 g/mol. The zero-order valence-corrected chi connectivity index (χ0v) is 10.5. The van der Waals surface area contributed by atoms with Gasteiger partial charge in [0.2, 0.25) is 0 Å². The first-order valence-corrected chi connectivity index (χ1v) is 6.36. The van der Waals surface area contributed by atoms with Gasteiger partial charge in [0.1, 0.15) is 11.7 Å². The number of Topliss-reactive ketones (excluding diaryl/α,β-unsaturated/α-hetero) is 1. The summed E-state index contributed by atoms with van der Waals surface area (Å²) in [4.78, 5) is 15.8. The van der Waals surface area contributed by atoms with Gasteiger partial charge in [0.25, 0.3) is 0 Å². The largest absolute Gasteiger partial charge is 0.378 e. The van der Waals surface area contributed by atoms with Crippen LogP contribution in [0.3, 0.4) is 0 Å². The molecule has 0 spiro atoms. The molecule has 2 atom stereocenters. The van der Waals surface area contributed by atoms with Gasteiger partial charge in [-0.1, -0.05) is 0 Å².